The first-order valence-corrected chi connectivity index (χ1v) is 11.7. The molecule has 0 atom stereocenters. The van der Waals surface area contributed by atoms with Crippen LogP contribution in [-0.2, 0) is 21.4 Å². The zero-order chi connectivity index (χ0) is 24.1. The molecule has 4 rings (SSSR count). The van der Waals surface area contributed by atoms with Gasteiger partial charge in [-0.3, -0.25) is 4.31 Å². The number of nitrogens with zero attached hydrogens (tertiary/aromatic N) is 2. The molecule has 0 bridgehead atoms. The Hall–Kier alpha value is -4.11. The maximum atomic E-state index is 13.0. The second kappa shape index (κ2) is 9.80. The van der Waals surface area contributed by atoms with Gasteiger partial charge in [-0.05, 0) is 36.4 Å². The molecule has 0 unspecified atom stereocenters. The molecule has 4 aromatic rings. The molecule has 0 spiro atoms. The molecule has 174 valence electrons. The topological polar surface area (TPSA) is 98.9 Å². The van der Waals surface area contributed by atoms with Crippen molar-refractivity contribution < 1.29 is 27.1 Å². The largest absolute Gasteiger partial charge is 0.495 e. The molecule has 0 amide bonds. The van der Waals surface area contributed by atoms with E-state index in [4.69, 9.17) is 13.9 Å². The quantitative estimate of drug-likeness (QED) is 0.343. The number of anilines is 1. The van der Waals surface area contributed by atoms with E-state index < -0.39 is 16.0 Å². The van der Waals surface area contributed by atoms with E-state index >= 15 is 0 Å². The van der Waals surface area contributed by atoms with Crippen molar-refractivity contribution in [1.29, 1.82) is 0 Å². The lowest BCUT2D eigenvalue weighted by molar-refractivity contribution is 0.0439. The first-order chi connectivity index (χ1) is 16.4. The first-order valence-electron chi connectivity index (χ1n) is 10.3. The SMILES string of the molecule is COc1ccccc1N(C)S(=O)(=O)c1ccc(C(=O)OCc2ncc(-c3ccccc3)o2)cc1. The average molecular weight is 479 g/mol. The summed E-state index contributed by atoms with van der Waals surface area (Å²) in [5.41, 5.74) is 1.46. The normalized spacial score (nSPS) is 11.1. The molecule has 1 heterocycles. The van der Waals surface area contributed by atoms with Crippen molar-refractivity contribution in [2.45, 2.75) is 11.5 Å². The Morgan fingerprint density at radius 1 is 0.971 bits per heavy atom. The number of para-hydroxylation sites is 2. The van der Waals surface area contributed by atoms with E-state index in [1.54, 1.807) is 30.5 Å². The lowest BCUT2D eigenvalue weighted by Gasteiger charge is -2.21. The summed E-state index contributed by atoms with van der Waals surface area (Å²) >= 11 is 0. The van der Waals surface area contributed by atoms with Gasteiger partial charge < -0.3 is 13.9 Å². The van der Waals surface area contributed by atoms with Gasteiger partial charge in [0.25, 0.3) is 10.0 Å². The maximum absolute atomic E-state index is 13.0. The molecule has 0 aliphatic carbocycles. The van der Waals surface area contributed by atoms with Crippen LogP contribution in [0.1, 0.15) is 16.2 Å². The molecule has 0 saturated carbocycles. The van der Waals surface area contributed by atoms with Crippen molar-refractivity contribution in [2.24, 2.45) is 0 Å². The molecule has 8 nitrogen and oxygen atoms in total. The van der Waals surface area contributed by atoms with Crippen LogP contribution in [0.25, 0.3) is 11.3 Å². The van der Waals surface area contributed by atoms with E-state index in [-0.39, 0.29) is 23.0 Å². The summed E-state index contributed by atoms with van der Waals surface area (Å²) in [6.45, 7) is -0.151. The van der Waals surface area contributed by atoms with E-state index in [0.29, 0.717) is 17.2 Å². The van der Waals surface area contributed by atoms with Crippen LogP contribution in [0, 0.1) is 0 Å². The fourth-order valence-corrected chi connectivity index (χ4v) is 4.47. The number of methoxy groups -OCH3 is 1. The van der Waals surface area contributed by atoms with E-state index in [9.17, 15) is 13.2 Å². The van der Waals surface area contributed by atoms with Crippen LogP contribution in [-0.4, -0.2) is 33.5 Å². The summed E-state index contributed by atoms with van der Waals surface area (Å²) in [7, 11) is -0.957. The third-order valence-electron chi connectivity index (χ3n) is 5.11. The lowest BCUT2D eigenvalue weighted by Crippen LogP contribution is -2.27. The summed E-state index contributed by atoms with van der Waals surface area (Å²) in [5, 5.41) is 0. The molecule has 0 aliphatic rings. The zero-order valence-electron chi connectivity index (χ0n) is 18.5. The predicted octanol–water partition coefficient (Wildman–Crippen LogP) is 4.53. The number of aromatic nitrogens is 1. The Morgan fingerprint density at radius 3 is 2.35 bits per heavy atom. The van der Waals surface area contributed by atoms with Gasteiger partial charge in [0.1, 0.15) is 5.75 Å². The fourth-order valence-electron chi connectivity index (χ4n) is 3.26. The molecule has 0 aliphatic heterocycles. The van der Waals surface area contributed by atoms with Gasteiger partial charge in [-0.1, -0.05) is 42.5 Å². The van der Waals surface area contributed by atoms with E-state index in [1.807, 2.05) is 30.3 Å². The van der Waals surface area contributed by atoms with Crippen molar-refractivity contribution in [1.82, 2.24) is 4.98 Å². The number of rotatable bonds is 8. The summed E-state index contributed by atoms with van der Waals surface area (Å²) in [6.07, 6.45) is 1.57. The standard InChI is InChI=1S/C25H22N2O6S/c1-27(21-10-6-7-11-22(21)31-2)34(29,30)20-14-12-19(13-15-20)25(28)32-17-24-26-16-23(33-24)18-8-4-3-5-9-18/h3-16H,17H2,1-2H3. The Bertz CT molecular complexity index is 1380. The van der Waals surface area contributed by atoms with Crippen molar-refractivity contribution in [2.75, 3.05) is 18.5 Å². The van der Waals surface area contributed by atoms with Crippen molar-refractivity contribution in [3.05, 3.63) is 96.5 Å². The van der Waals surface area contributed by atoms with Crippen LogP contribution in [0.2, 0.25) is 0 Å². The van der Waals surface area contributed by atoms with E-state index in [1.165, 1.54) is 38.4 Å². The molecule has 0 fully saturated rings. The fraction of sp³-hybridized carbons (Fsp3) is 0.120. The molecule has 9 heteroatoms. The summed E-state index contributed by atoms with van der Waals surface area (Å²) in [4.78, 5) is 16.6. The number of hydrogen-bond donors (Lipinski definition) is 0. The van der Waals surface area contributed by atoms with Gasteiger partial charge in [0.05, 0.1) is 29.5 Å². The number of carbonyl (C=O) groups is 1. The third kappa shape index (κ3) is 4.79. The van der Waals surface area contributed by atoms with Gasteiger partial charge in [-0.2, -0.15) is 0 Å². The van der Waals surface area contributed by atoms with Gasteiger partial charge >= 0.3 is 5.97 Å². The number of sulfonamides is 1. The minimum atomic E-state index is -3.87. The number of ether oxygens (including phenoxy) is 2. The number of hydrogen-bond acceptors (Lipinski definition) is 7. The second-order valence-corrected chi connectivity index (χ2v) is 9.20. The van der Waals surface area contributed by atoms with Gasteiger partial charge in [-0.15, -0.1) is 0 Å². The minimum Gasteiger partial charge on any atom is -0.495 e. The predicted molar refractivity (Wildman–Crippen MR) is 126 cm³/mol. The number of benzene rings is 3. The highest BCUT2D eigenvalue weighted by molar-refractivity contribution is 7.92. The van der Waals surface area contributed by atoms with Crippen LogP contribution in [0.5, 0.6) is 5.75 Å². The molecule has 3 aromatic carbocycles. The van der Waals surface area contributed by atoms with Crippen molar-refractivity contribution in [3.63, 3.8) is 0 Å². The maximum Gasteiger partial charge on any atom is 0.338 e. The summed E-state index contributed by atoms with van der Waals surface area (Å²) in [5.74, 6) is 0.627. The minimum absolute atomic E-state index is 0.0256. The summed E-state index contributed by atoms with van der Waals surface area (Å²) < 4.78 is 43.4. The molecule has 0 radical (unpaired) electrons. The Morgan fingerprint density at radius 2 is 1.65 bits per heavy atom. The van der Waals surface area contributed by atoms with Crippen LogP contribution in [0.4, 0.5) is 5.69 Å². The highest BCUT2D eigenvalue weighted by atomic mass is 32.2. The van der Waals surface area contributed by atoms with Crippen LogP contribution in [0.15, 0.2) is 94.4 Å². The zero-order valence-corrected chi connectivity index (χ0v) is 19.4. The highest BCUT2D eigenvalue weighted by Gasteiger charge is 2.24. The van der Waals surface area contributed by atoms with Gasteiger partial charge in [-0.25, -0.2) is 18.2 Å². The first kappa shape index (κ1) is 23.1. The van der Waals surface area contributed by atoms with Crippen LogP contribution >= 0.6 is 0 Å². The Kier molecular flexibility index (Phi) is 6.65. The van der Waals surface area contributed by atoms with Gasteiger partial charge in [0.15, 0.2) is 12.4 Å². The third-order valence-corrected chi connectivity index (χ3v) is 6.90. The molecule has 1 aromatic heterocycles. The van der Waals surface area contributed by atoms with E-state index in [0.717, 1.165) is 9.87 Å². The Labute approximate surface area is 197 Å². The smallest absolute Gasteiger partial charge is 0.338 e. The monoisotopic (exact) mass is 478 g/mol. The molecule has 0 saturated heterocycles. The lowest BCUT2D eigenvalue weighted by atomic mass is 10.2. The van der Waals surface area contributed by atoms with Gasteiger partial charge in [0, 0.05) is 12.6 Å². The van der Waals surface area contributed by atoms with Crippen LogP contribution < -0.4 is 9.04 Å². The molecule has 34 heavy (non-hydrogen) atoms. The highest BCUT2D eigenvalue weighted by Crippen LogP contribution is 2.31. The number of carbonyl (C=O) groups excluding carboxylic acids is 1. The average Bonchev–Trinajstić information content (AvgIpc) is 3.36. The number of oxazole rings is 1. The van der Waals surface area contributed by atoms with E-state index in [2.05, 4.69) is 4.98 Å². The molecular formula is C25H22N2O6S. The second-order valence-electron chi connectivity index (χ2n) is 7.23. The van der Waals surface area contributed by atoms with Crippen LogP contribution in [0.3, 0.4) is 0 Å². The van der Waals surface area contributed by atoms with Crippen molar-refractivity contribution in [3.8, 4) is 17.1 Å². The van der Waals surface area contributed by atoms with Crippen molar-refractivity contribution >= 4 is 21.7 Å². The number of esters is 1. The summed E-state index contributed by atoms with van der Waals surface area (Å²) in [6, 6.07) is 21.8. The molecule has 0 N–H and O–H groups in total. The molecular weight excluding hydrogens is 456 g/mol. The van der Waals surface area contributed by atoms with Gasteiger partial charge in [0.2, 0.25) is 5.89 Å². The Balaban J connectivity index is 1.43.